The number of imidazole rings is 1. The molecular formula is C60H44N2. The fraction of sp³-hybridized carbons (Fsp3) is 0.0500. The molecule has 0 saturated carbocycles. The first kappa shape index (κ1) is 37.2. The van der Waals surface area contributed by atoms with Crippen molar-refractivity contribution in [2.24, 2.45) is 0 Å². The van der Waals surface area contributed by atoms with Crippen LogP contribution in [0.25, 0.3) is 105 Å². The molecule has 0 aliphatic carbocycles. The van der Waals surface area contributed by atoms with E-state index in [1.165, 1.54) is 71.6 Å². The lowest BCUT2D eigenvalue weighted by Gasteiger charge is -2.20. The average molecular weight is 793 g/mol. The van der Waals surface area contributed by atoms with Crippen LogP contribution in [0, 0.1) is 0 Å². The van der Waals surface area contributed by atoms with Gasteiger partial charge in [0.15, 0.2) is 0 Å². The van der Waals surface area contributed by atoms with Crippen LogP contribution >= 0.6 is 0 Å². The third-order valence-electron chi connectivity index (χ3n) is 12.3. The van der Waals surface area contributed by atoms with E-state index in [1.807, 2.05) is 6.07 Å². The maximum atomic E-state index is 5.22. The largest absolute Gasteiger partial charge is 0.292 e. The van der Waals surface area contributed by atoms with Crippen LogP contribution in [0.4, 0.5) is 0 Å². The van der Waals surface area contributed by atoms with Gasteiger partial charge in [-0.1, -0.05) is 201 Å². The third-order valence-corrected chi connectivity index (χ3v) is 12.3. The van der Waals surface area contributed by atoms with Crippen molar-refractivity contribution < 1.29 is 0 Å². The second-order valence-corrected chi connectivity index (χ2v) is 16.2. The Balaban J connectivity index is 1.03. The molecule has 2 heteroatoms. The van der Waals surface area contributed by atoms with E-state index >= 15 is 0 Å². The monoisotopic (exact) mass is 792 g/mol. The van der Waals surface area contributed by atoms with Gasteiger partial charge in [-0.2, -0.15) is 0 Å². The number of aromatic nitrogens is 2. The SMILES string of the molecule is CCCc1ccc(-c2ccc3c(-c4ccccc4)c4cc(-c5ccc(-c6ccc7c(c6)nc(-c6ccccc6)n7-c6ccccc6)cc5)ccc4c(-c4ccccc4)c3c2)cc1. The minimum absolute atomic E-state index is 0.936. The molecule has 2 nitrogen and oxygen atoms in total. The molecular weight excluding hydrogens is 749 g/mol. The van der Waals surface area contributed by atoms with Gasteiger partial charge in [-0.25, -0.2) is 4.98 Å². The van der Waals surface area contributed by atoms with E-state index in [0.29, 0.717) is 0 Å². The third kappa shape index (κ3) is 6.76. The lowest BCUT2D eigenvalue weighted by atomic mass is 9.84. The maximum Gasteiger partial charge on any atom is 0.145 e. The molecule has 11 rings (SSSR count). The van der Waals surface area contributed by atoms with Crippen LogP contribution < -0.4 is 0 Å². The summed E-state index contributed by atoms with van der Waals surface area (Å²) in [5, 5.41) is 5.00. The van der Waals surface area contributed by atoms with Gasteiger partial charge in [-0.15, -0.1) is 0 Å². The Bertz CT molecular complexity index is 3350. The molecule has 0 N–H and O–H groups in total. The smallest absolute Gasteiger partial charge is 0.145 e. The van der Waals surface area contributed by atoms with Gasteiger partial charge >= 0.3 is 0 Å². The van der Waals surface area contributed by atoms with Crippen molar-refractivity contribution in [2.45, 2.75) is 19.8 Å². The summed E-state index contributed by atoms with van der Waals surface area (Å²) in [6, 6.07) is 81.7. The quantitative estimate of drug-likeness (QED) is 0.133. The molecule has 1 aromatic heterocycles. The van der Waals surface area contributed by atoms with E-state index in [0.717, 1.165) is 52.1 Å². The number of fused-ring (bicyclic) bond motifs is 3. The maximum absolute atomic E-state index is 5.22. The van der Waals surface area contributed by atoms with Crippen molar-refractivity contribution in [3.8, 4) is 72.7 Å². The van der Waals surface area contributed by atoms with Gasteiger partial charge < -0.3 is 0 Å². The second kappa shape index (κ2) is 16.0. The highest BCUT2D eigenvalue weighted by atomic mass is 15.1. The van der Waals surface area contributed by atoms with E-state index in [4.69, 9.17) is 4.98 Å². The zero-order valence-corrected chi connectivity index (χ0v) is 34.7. The summed E-state index contributed by atoms with van der Waals surface area (Å²) in [6.45, 7) is 2.24. The Morgan fingerprint density at radius 3 is 1.27 bits per heavy atom. The molecule has 0 amide bonds. The molecule has 0 spiro atoms. The number of para-hydroxylation sites is 1. The van der Waals surface area contributed by atoms with Crippen LogP contribution in [0.1, 0.15) is 18.9 Å². The first-order chi connectivity index (χ1) is 30.7. The molecule has 294 valence electrons. The van der Waals surface area contributed by atoms with Gasteiger partial charge in [-0.05, 0) is 126 Å². The van der Waals surface area contributed by atoms with Crippen molar-refractivity contribution in [2.75, 3.05) is 0 Å². The van der Waals surface area contributed by atoms with Crippen LogP contribution in [0.2, 0.25) is 0 Å². The van der Waals surface area contributed by atoms with Gasteiger partial charge in [0.25, 0.3) is 0 Å². The van der Waals surface area contributed by atoms with Gasteiger partial charge in [0.2, 0.25) is 0 Å². The number of benzene rings is 10. The van der Waals surface area contributed by atoms with Crippen molar-refractivity contribution in [3.05, 3.63) is 230 Å². The van der Waals surface area contributed by atoms with Gasteiger partial charge in [-0.3, -0.25) is 4.57 Å². The fourth-order valence-corrected chi connectivity index (χ4v) is 9.31. The zero-order valence-electron chi connectivity index (χ0n) is 34.7. The van der Waals surface area contributed by atoms with Gasteiger partial charge in [0, 0.05) is 11.3 Å². The van der Waals surface area contributed by atoms with E-state index in [9.17, 15) is 0 Å². The Kier molecular flexibility index (Phi) is 9.60. The highest BCUT2D eigenvalue weighted by Gasteiger charge is 2.19. The summed E-state index contributed by atoms with van der Waals surface area (Å²) in [5.74, 6) is 0.936. The van der Waals surface area contributed by atoms with E-state index in [-0.39, 0.29) is 0 Å². The highest BCUT2D eigenvalue weighted by molar-refractivity contribution is 6.22. The standard InChI is InChI=1S/C60H44N2/c1-2-15-41-24-26-42(27-25-41)48-32-35-52-54(38-48)58(45-16-7-3-8-17-45)53-36-33-49(39-55(53)59(52)46-18-9-4-10-19-46)43-28-30-44(31-29-43)50-34-37-57-56(40-50)61-60(47-20-11-5-12-21-47)62(57)51-22-13-6-14-23-51/h3-14,16-40H,2,15H2,1H3. The van der Waals surface area contributed by atoms with E-state index in [2.05, 4.69) is 230 Å². The summed E-state index contributed by atoms with van der Waals surface area (Å²) in [4.78, 5) is 5.22. The van der Waals surface area contributed by atoms with Gasteiger partial charge in [0.05, 0.1) is 11.0 Å². The number of nitrogens with zero attached hydrogens (tertiary/aromatic N) is 2. The summed E-state index contributed by atoms with van der Waals surface area (Å²) >= 11 is 0. The second-order valence-electron chi connectivity index (χ2n) is 16.2. The summed E-state index contributed by atoms with van der Waals surface area (Å²) < 4.78 is 2.26. The minimum Gasteiger partial charge on any atom is -0.292 e. The molecule has 62 heavy (non-hydrogen) atoms. The van der Waals surface area contributed by atoms with Crippen LogP contribution in [-0.4, -0.2) is 9.55 Å². The van der Waals surface area contributed by atoms with Crippen LogP contribution in [0.5, 0.6) is 0 Å². The molecule has 11 aromatic rings. The molecule has 10 aromatic carbocycles. The molecule has 0 radical (unpaired) electrons. The van der Waals surface area contributed by atoms with Crippen LogP contribution in [0.15, 0.2) is 224 Å². The summed E-state index contributed by atoms with van der Waals surface area (Å²) in [5.41, 5.74) is 17.7. The lowest BCUT2D eigenvalue weighted by Crippen LogP contribution is -1.97. The normalized spacial score (nSPS) is 11.4. The van der Waals surface area contributed by atoms with E-state index in [1.54, 1.807) is 0 Å². The summed E-state index contributed by atoms with van der Waals surface area (Å²) in [7, 11) is 0. The fourth-order valence-electron chi connectivity index (χ4n) is 9.31. The predicted molar refractivity (Wildman–Crippen MR) is 263 cm³/mol. The average Bonchev–Trinajstić information content (AvgIpc) is 3.73. The van der Waals surface area contributed by atoms with Gasteiger partial charge in [0.1, 0.15) is 5.82 Å². The molecule has 0 aliphatic heterocycles. The Morgan fingerprint density at radius 2 is 0.774 bits per heavy atom. The van der Waals surface area contributed by atoms with Crippen molar-refractivity contribution in [1.29, 1.82) is 0 Å². The molecule has 0 unspecified atom stereocenters. The molecule has 0 atom stereocenters. The summed E-state index contributed by atoms with van der Waals surface area (Å²) in [6.07, 6.45) is 2.25. The Hall–Kier alpha value is -7.81. The first-order valence-corrected chi connectivity index (χ1v) is 21.7. The predicted octanol–water partition coefficient (Wildman–Crippen LogP) is 16.3. The van der Waals surface area contributed by atoms with Crippen molar-refractivity contribution >= 4 is 32.6 Å². The van der Waals surface area contributed by atoms with Crippen LogP contribution in [0.3, 0.4) is 0 Å². The Labute approximate surface area is 363 Å². The molecule has 0 saturated heterocycles. The van der Waals surface area contributed by atoms with Crippen molar-refractivity contribution in [3.63, 3.8) is 0 Å². The minimum atomic E-state index is 0.936. The first-order valence-electron chi connectivity index (χ1n) is 21.7. The number of aryl methyl sites for hydroxylation is 1. The molecule has 1 heterocycles. The topological polar surface area (TPSA) is 17.8 Å². The zero-order chi connectivity index (χ0) is 41.4. The Morgan fingerprint density at radius 1 is 0.355 bits per heavy atom. The van der Waals surface area contributed by atoms with Crippen molar-refractivity contribution in [1.82, 2.24) is 9.55 Å². The lowest BCUT2D eigenvalue weighted by molar-refractivity contribution is 0.922. The highest BCUT2D eigenvalue weighted by Crippen LogP contribution is 2.46. The number of hydrogen-bond donors (Lipinski definition) is 0. The van der Waals surface area contributed by atoms with Crippen LogP contribution in [-0.2, 0) is 6.42 Å². The number of rotatable bonds is 9. The molecule has 0 bridgehead atoms. The molecule has 0 aliphatic rings. The molecule has 0 fully saturated rings. The van der Waals surface area contributed by atoms with E-state index < -0.39 is 0 Å². The number of hydrogen-bond acceptors (Lipinski definition) is 1.